The van der Waals surface area contributed by atoms with Gasteiger partial charge in [-0.15, -0.1) is 0 Å². The van der Waals surface area contributed by atoms with Crippen molar-refractivity contribution in [1.82, 2.24) is 15.2 Å². The molecule has 2 heterocycles. The number of rotatable bonds is 13. The molecule has 2 rings (SSSR count). The monoisotopic (exact) mass is 361 g/mol. The topological polar surface area (TPSA) is 97.3 Å². The van der Waals surface area contributed by atoms with Crippen LogP contribution in [0.5, 0.6) is 5.75 Å². The number of carbonyl (C=O) groups is 1. The van der Waals surface area contributed by atoms with Crippen LogP contribution in [-0.4, -0.2) is 45.6 Å². The summed E-state index contributed by atoms with van der Waals surface area (Å²) in [5, 5.41) is 15.7. The fourth-order valence-corrected chi connectivity index (χ4v) is 2.54. The summed E-state index contributed by atoms with van der Waals surface area (Å²) < 4.78 is 11.0. The van der Waals surface area contributed by atoms with Crippen LogP contribution in [0.1, 0.15) is 45.4 Å². The molecular weight excluding hydrogens is 334 g/mol. The van der Waals surface area contributed by atoms with E-state index in [1.54, 1.807) is 12.4 Å². The normalized spacial score (nSPS) is 12.0. The smallest absolute Gasteiger partial charge is 0.332 e. The molecule has 0 saturated heterocycles. The third kappa shape index (κ3) is 6.84. The Hall–Kier alpha value is -2.41. The zero-order valence-electron chi connectivity index (χ0n) is 15.2. The molecule has 0 spiro atoms. The molecule has 0 amide bonds. The fourth-order valence-electron chi connectivity index (χ4n) is 2.54. The Morgan fingerprint density at radius 1 is 1.15 bits per heavy atom. The van der Waals surface area contributed by atoms with Gasteiger partial charge in [0.1, 0.15) is 5.75 Å². The molecule has 0 fully saturated rings. The summed E-state index contributed by atoms with van der Waals surface area (Å²) >= 11 is 0. The SMILES string of the molecule is CC[C@@H](OCCCCCCCOc1ccc(-c2ccn[nH]2)nc1)C(=O)O. The number of nitrogens with one attached hydrogen (secondary N) is 1. The minimum atomic E-state index is -0.878. The number of hydrogen-bond acceptors (Lipinski definition) is 5. The van der Waals surface area contributed by atoms with Gasteiger partial charge >= 0.3 is 5.97 Å². The second kappa shape index (κ2) is 11.3. The van der Waals surface area contributed by atoms with Gasteiger partial charge in [0.15, 0.2) is 6.10 Å². The van der Waals surface area contributed by atoms with Crippen molar-refractivity contribution in [3.8, 4) is 17.1 Å². The Balaban J connectivity index is 1.50. The molecule has 0 aliphatic carbocycles. The lowest BCUT2D eigenvalue weighted by molar-refractivity contribution is -0.150. The summed E-state index contributed by atoms with van der Waals surface area (Å²) in [5.41, 5.74) is 1.72. The van der Waals surface area contributed by atoms with E-state index in [0.29, 0.717) is 19.6 Å². The number of carboxylic acid groups (broad SMARTS) is 1. The Labute approximate surface area is 153 Å². The van der Waals surface area contributed by atoms with Gasteiger partial charge in [-0.3, -0.25) is 10.1 Å². The number of carboxylic acids is 1. The van der Waals surface area contributed by atoms with Crippen LogP contribution < -0.4 is 4.74 Å². The summed E-state index contributed by atoms with van der Waals surface area (Å²) in [4.78, 5) is 15.2. The van der Waals surface area contributed by atoms with Gasteiger partial charge in [-0.05, 0) is 37.5 Å². The highest BCUT2D eigenvalue weighted by molar-refractivity contribution is 5.72. The lowest BCUT2D eigenvalue weighted by atomic mass is 10.1. The zero-order chi connectivity index (χ0) is 18.6. The maximum absolute atomic E-state index is 10.8. The van der Waals surface area contributed by atoms with Gasteiger partial charge in [0.2, 0.25) is 0 Å². The first kappa shape index (κ1) is 19.9. The molecule has 0 aliphatic rings. The Bertz CT molecular complexity index is 629. The number of pyridine rings is 1. The van der Waals surface area contributed by atoms with Crippen LogP contribution >= 0.6 is 0 Å². The predicted octanol–water partition coefficient (Wildman–Crippen LogP) is 3.68. The Kier molecular flexibility index (Phi) is 8.62. The Morgan fingerprint density at radius 3 is 2.54 bits per heavy atom. The van der Waals surface area contributed by atoms with Crippen LogP contribution in [0.3, 0.4) is 0 Å². The molecule has 142 valence electrons. The molecule has 26 heavy (non-hydrogen) atoms. The number of hydrogen-bond donors (Lipinski definition) is 2. The number of unbranched alkanes of at least 4 members (excludes halogenated alkanes) is 4. The van der Waals surface area contributed by atoms with Crippen LogP contribution in [-0.2, 0) is 9.53 Å². The number of ether oxygens (including phenoxy) is 2. The first-order valence-electron chi connectivity index (χ1n) is 9.13. The second-order valence-corrected chi connectivity index (χ2v) is 6.07. The van der Waals surface area contributed by atoms with E-state index in [0.717, 1.165) is 49.2 Å². The highest BCUT2D eigenvalue weighted by Crippen LogP contribution is 2.17. The average molecular weight is 361 g/mol. The minimum absolute atomic E-state index is 0.504. The van der Waals surface area contributed by atoms with E-state index < -0.39 is 12.1 Å². The maximum atomic E-state index is 10.8. The van der Waals surface area contributed by atoms with Gasteiger partial charge in [0.25, 0.3) is 0 Å². The van der Waals surface area contributed by atoms with Crippen LogP contribution in [0.4, 0.5) is 0 Å². The molecule has 2 N–H and O–H groups in total. The third-order valence-corrected chi connectivity index (χ3v) is 4.04. The first-order chi connectivity index (χ1) is 12.7. The standard InChI is InChI=1S/C19H27N3O4/c1-2-18(19(23)24)26-13-7-5-3-4-6-12-25-15-8-9-16(20-14-15)17-10-11-21-22-17/h8-11,14,18H,2-7,12-13H2,1H3,(H,21,22)(H,23,24)/t18-/m1/s1. The van der Waals surface area contributed by atoms with Gasteiger partial charge in [-0.2, -0.15) is 5.10 Å². The zero-order valence-corrected chi connectivity index (χ0v) is 15.2. The van der Waals surface area contributed by atoms with Crippen molar-refractivity contribution < 1.29 is 19.4 Å². The molecule has 0 aromatic carbocycles. The lowest BCUT2D eigenvalue weighted by Gasteiger charge is -2.11. The molecule has 0 bridgehead atoms. The number of aliphatic carboxylic acids is 1. The van der Waals surface area contributed by atoms with E-state index in [-0.39, 0.29) is 0 Å². The van der Waals surface area contributed by atoms with Crippen molar-refractivity contribution in [2.45, 2.75) is 51.6 Å². The van der Waals surface area contributed by atoms with Gasteiger partial charge in [0, 0.05) is 12.8 Å². The number of aromatic amines is 1. The molecule has 0 saturated carbocycles. The van der Waals surface area contributed by atoms with E-state index in [1.807, 2.05) is 25.1 Å². The van der Waals surface area contributed by atoms with Crippen molar-refractivity contribution in [3.05, 3.63) is 30.6 Å². The second-order valence-electron chi connectivity index (χ2n) is 6.07. The summed E-state index contributed by atoms with van der Waals surface area (Å²) in [7, 11) is 0. The summed E-state index contributed by atoms with van der Waals surface area (Å²) in [6.45, 7) is 2.99. The highest BCUT2D eigenvalue weighted by atomic mass is 16.5. The average Bonchev–Trinajstić information content (AvgIpc) is 3.18. The van der Waals surface area contributed by atoms with Gasteiger partial charge in [-0.25, -0.2) is 4.79 Å². The van der Waals surface area contributed by atoms with Crippen molar-refractivity contribution >= 4 is 5.97 Å². The molecular formula is C19H27N3O4. The molecule has 2 aromatic heterocycles. The molecule has 7 nitrogen and oxygen atoms in total. The van der Waals surface area contributed by atoms with E-state index in [9.17, 15) is 4.79 Å². The molecule has 7 heteroatoms. The van der Waals surface area contributed by atoms with Crippen molar-refractivity contribution in [1.29, 1.82) is 0 Å². The van der Waals surface area contributed by atoms with Crippen LogP contribution in [0.2, 0.25) is 0 Å². The Morgan fingerprint density at radius 2 is 1.92 bits per heavy atom. The van der Waals surface area contributed by atoms with Crippen molar-refractivity contribution in [2.75, 3.05) is 13.2 Å². The summed E-state index contributed by atoms with van der Waals surface area (Å²) in [6.07, 6.45) is 8.34. The largest absolute Gasteiger partial charge is 0.492 e. The van der Waals surface area contributed by atoms with Crippen molar-refractivity contribution in [3.63, 3.8) is 0 Å². The maximum Gasteiger partial charge on any atom is 0.332 e. The molecule has 0 aliphatic heterocycles. The summed E-state index contributed by atoms with van der Waals surface area (Å²) in [5.74, 6) is -0.113. The minimum Gasteiger partial charge on any atom is -0.492 e. The third-order valence-electron chi connectivity index (χ3n) is 4.04. The van der Waals surface area contributed by atoms with E-state index in [2.05, 4.69) is 15.2 Å². The molecule has 1 atom stereocenters. The van der Waals surface area contributed by atoms with Crippen LogP contribution in [0.15, 0.2) is 30.6 Å². The van der Waals surface area contributed by atoms with Crippen molar-refractivity contribution in [2.24, 2.45) is 0 Å². The van der Waals surface area contributed by atoms with Crippen LogP contribution in [0.25, 0.3) is 11.4 Å². The highest BCUT2D eigenvalue weighted by Gasteiger charge is 2.14. The number of H-pyrrole nitrogens is 1. The van der Waals surface area contributed by atoms with E-state index in [1.165, 1.54) is 0 Å². The van der Waals surface area contributed by atoms with Gasteiger partial charge in [0.05, 0.1) is 24.2 Å². The first-order valence-corrected chi connectivity index (χ1v) is 9.13. The summed E-state index contributed by atoms with van der Waals surface area (Å²) in [6, 6.07) is 5.69. The quantitative estimate of drug-likeness (QED) is 0.528. The number of nitrogens with zero attached hydrogens (tertiary/aromatic N) is 2. The van der Waals surface area contributed by atoms with Crippen LogP contribution in [0, 0.1) is 0 Å². The molecule has 0 radical (unpaired) electrons. The predicted molar refractivity (Wildman–Crippen MR) is 98.1 cm³/mol. The lowest BCUT2D eigenvalue weighted by Crippen LogP contribution is -2.23. The number of aromatic nitrogens is 3. The fraction of sp³-hybridized carbons (Fsp3) is 0.526. The van der Waals surface area contributed by atoms with Gasteiger partial charge in [-0.1, -0.05) is 26.2 Å². The van der Waals surface area contributed by atoms with E-state index in [4.69, 9.17) is 14.6 Å². The molecule has 2 aromatic rings. The molecule has 0 unspecified atom stereocenters. The van der Waals surface area contributed by atoms with Gasteiger partial charge < -0.3 is 14.6 Å². The van der Waals surface area contributed by atoms with E-state index >= 15 is 0 Å².